The van der Waals surface area contributed by atoms with Crippen LogP contribution in [-0.4, -0.2) is 33.1 Å². The summed E-state index contributed by atoms with van der Waals surface area (Å²) in [5, 5.41) is 17.7. The number of hydrogen-bond donors (Lipinski definition) is 2. The largest absolute Gasteiger partial charge is 0.394 e. The molecule has 2 rings (SSSR count). The van der Waals surface area contributed by atoms with Gasteiger partial charge in [-0.2, -0.15) is 5.10 Å². The van der Waals surface area contributed by atoms with Crippen LogP contribution in [0, 0.1) is 20.8 Å². The predicted octanol–water partition coefficient (Wildman–Crippen LogP) is 2.09. The smallest absolute Gasteiger partial charge is 0.0625 e. The SMILES string of the molecule is Cc1nn(CCCC(C)(CO)NC2CC2)c(C)c1C. The topological polar surface area (TPSA) is 50.1 Å². The van der Waals surface area contributed by atoms with E-state index < -0.39 is 0 Å². The van der Waals surface area contributed by atoms with Crippen molar-refractivity contribution in [2.24, 2.45) is 0 Å². The van der Waals surface area contributed by atoms with Gasteiger partial charge in [0, 0.05) is 23.8 Å². The quantitative estimate of drug-likeness (QED) is 0.793. The molecule has 2 N–H and O–H groups in total. The first kappa shape index (κ1) is 14.5. The van der Waals surface area contributed by atoms with E-state index in [0.29, 0.717) is 6.04 Å². The summed E-state index contributed by atoms with van der Waals surface area (Å²) in [6.45, 7) is 9.58. The molecule has 4 nitrogen and oxygen atoms in total. The number of aliphatic hydroxyl groups is 1. The molecule has 19 heavy (non-hydrogen) atoms. The Hall–Kier alpha value is -0.870. The van der Waals surface area contributed by atoms with Crippen molar-refractivity contribution in [1.29, 1.82) is 0 Å². The second-order valence-corrected chi connectivity index (χ2v) is 6.26. The van der Waals surface area contributed by atoms with Crippen molar-refractivity contribution in [1.82, 2.24) is 15.1 Å². The number of aromatic nitrogens is 2. The van der Waals surface area contributed by atoms with E-state index in [-0.39, 0.29) is 12.1 Å². The van der Waals surface area contributed by atoms with Crippen LogP contribution in [0.5, 0.6) is 0 Å². The molecule has 0 aliphatic heterocycles. The molecule has 1 aliphatic carbocycles. The molecule has 0 radical (unpaired) electrons. The molecule has 1 heterocycles. The van der Waals surface area contributed by atoms with Crippen molar-refractivity contribution in [3.63, 3.8) is 0 Å². The van der Waals surface area contributed by atoms with Crippen LogP contribution in [0.25, 0.3) is 0 Å². The van der Waals surface area contributed by atoms with Gasteiger partial charge in [0.05, 0.1) is 12.3 Å². The van der Waals surface area contributed by atoms with Crippen LogP contribution in [0.3, 0.4) is 0 Å². The van der Waals surface area contributed by atoms with E-state index in [9.17, 15) is 5.11 Å². The molecule has 0 aromatic carbocycles. The Labute approximate surface area is 116 Å². The monoisotopic (exact) mass is 265 g/mol. The highest BCUT2D eigenvalue weighted by Gasteiger charge is 2.31. The van der Waals surface area contributed by atoms with Crippen LogP contribution in [0.1, 0.15) is 49.6 Å². The summed E-state index contributed by atoms with van der Waals surface area (Å²) in [5.41, 5.74) is 3.55. The highest BCUT2D eigenvalue weighted by molar-refractivity contribution is 5.22. The lowest BCUT2D eigenvalue weighted by Gasteiger charge is -2.29. The third-order valence-electron chi connectivity index (χ3n) is 4.32. The maximum atomic E-state index is 9.58. The second-order valence-electron chi connectivity index (χ2n) is 6.26. The molecule has 4 heteroatoms. The predicted molar refractivity (Wildman–Crippen MR) is 77.3 cm³/mol. The van der Waals surface area contributed by atoms with E-state index in [1.165, 1.54) is 24.1 Å². The molecule has 1 fully saturated rings. The van der Waals surface area contributed by atoms with E-state index in [1.807, 2.05) is 0 Å². The molecule has 0 spiro atoms. The van der Waals surface area contributed by atoms with Crippen molar-refractivity contribution in [2.45, 2.75) is 71.5 Å². The van der Waals surface area contributed by atoms with E-state index in [0.717, 1.165) is 25.1 Å². The fraction of sp³-hybridized carbons (Fsp3) is 0.800. The van der Waals surface area contributed by atoms with Gasteiger partial charge in [-0.3, -0.25) is 4.68 Å². The van der Waals surface area contributed by atoms with Gasteiger partial charge in [-0.25, -0.2) is 0 Å². The lowest BCUT2D eigenvalue weighted by molar-refractivity contribution is 0.159. The first-order valence-electron chi connectivity index (χ1n) is 7.34. The molecule has 1 aromatic heterocycles. The van der Waals surface area contributed by atoms with Crippen molar-refractivity contribution in [2.75, 3.05) is 6.61 Å². The summed E-state index contributed by atoms with van der Waals surface area (Å²) in [5.74, 6) is 0. The van der Waals surface area contributed by atoms with Gasteiger partial charge in [0.1, 0.15) is 0 Å². The minimum atomic E-state index is -0.133. The third-order valence-corrected chi connectivity index (χ3v) is 4.32. The number of rotatable bonds is 7. The van der Waals surface area contributed by atoms with Crippen molar-refractivity contribution in [3.8, 4) is 0 Å². The Morgan fingerprint density at radius 2 is 2.05 bits per heavy atom. The van der Waals surface area contributed by atoms with Crippen LogP contribution in [0.15, 0.2) is 0 Å². The first-order valence-corrected chi connectivity index (χ1v) is 7.34. The second kappa shape index (κ2) is 5.63. The zero-order valence-corrected chi connectivity index (χ0v) is 12.7. The summed E-state index contributed by atoms with van der Waals surface area (Å²) in [7, 11) is 0. The summed E-state index contributed by atoms with van der Waals surface area (Å²) < 4.78 is 2.10. The molecule has 108 valence electrons. The average Bonchev–Trinajstić information content (AvgIpc) is 3.15. The molecule has 0 amide bonds. The van der Waals surface area contributed by atoms with Gasteiger partial charge in [-0.1, -0.05) is 0 Å². The zero-order chi connectivity index (χ0) is 14.0. The van der Waals surface area contributed by atoms with Crippen molar-refractivity contribution >= 4 is 0 Å². The fourth-order valence-electron chi connectivity index (χ4n) is 2.54. The van der Waals surface area contributed by atoms with E-state index in [1.54, 1.807) is 0 Å². The van der Waals surface area contributed by atoms with Crippen LogP contribution in [0.2, 0.25) is 0 Å². The Bertz CT molecular complexity index is 437. The number of nitrogens with one attached hydrogen (secondary N) is 1. The number of nitrogens with zero attached hydrogens (tertiary/aromatic N) is 2. The van der Waals surface area contributed by atoms with Crippen LogP contribution >= 0.6 is 0 Å². The first-order chi connectivity index (χ1) is 8.95. The number of aliphatic hydroxyl groups excluding tert-OH is 1. The highest BCUT2D eigenvalue weighted by Crippen LogP contribution is 2.24. The van der Waals surface area contributed by atoms with Crippen molar-refractivity contribution < 1.29 is 5.11 Å². The van der Waals surface area contributed by atoms with E-state index in [2.05, 4.69) is 42.8 Å². The molecular formula is C15H27N3O. The number of hydrogen-bond acceptors (Lipinski definition) is 3. The zero-order valence-electron chi connectivity index (χ0n) is 12.7. The van der Waals surface area contributed by atoms with Crippen molar-refractivity contribution in [3.05, 3.63) is 17.0 Å². The highest BCUT2D eigenvalue weighted by atomic mass is 16.3. The van der Waals surface area contributed by atoms with Gasteiger partial charge in [0.15, 0.2) is 0 Å². The Kier molecular flexibility index (Phi) is 4.31. The van der Waals surface area contributed by atoms with Gasteiger partial charge in [-0.05, 0) is 58.9 Å². The van der Waals surface area contributed by atoms with Crippen LogP contribution in [0.4, 0.5) is 0 Å². The van der Waals surface area contributed by atoms with Gasteiger partial charge in [-0.15, -0.1) is 0 Å². The van der Waals surface area contributed by atoms with Crippen LogP contribution < -0.4 is 5.32 Å². The van der Waals surface area contributed by atoms with Crippen LogP contribution in [-0.2, 0) is 6.54 Å². The molecule has 1 aliphatic rings. The Morgan fingerprint density at radius 1 is 1.37 bits per heavy atom. The molecular weight excluding hydrogens is 238 g/mol. The summed E-state index contributed by atoms with van der Waals surface area (Å²) in [6, 6.07) is 0.632. The third kappa shape index (κ3) is 3.57. The lowest BCUT2D eigenvalue weighted by Crippen LogP contribution is -2.47. The summed E-state index contributed by atoms with van der Waals surface area (Å²) >= 11 is 0. The fourth-order valence-corrected chi connectivity index (χ4v) is 2.54. The summed E-state index contributed by atoms with van der Waals surface area (Å²) in [4.78, 5) is 0. The van der Waals surface area contributed by atoms with E-state index >= 15 is 0 Å². The molecule has 1 aromatic rings. The van der Waals surface area contributed by atoms with Gasteiger partial charge >= 0.3 is 0 Å². The molecule has 0 saturated heterocycles. The lowest BCUT2D eigenvalue weighted by atomic mass is 9.96. The molecule has 1 unspecified atom stereocenters. The maximum absolute atomic E-state index is 9.58. The Balaban J connectivity index is 1.85. The standard InChI is InChI=1S/C15H27N3O/c1-11-12(2)17-18(13(11)3)9-5-8-15(4,10-19)16-14-6-7-14/h14,16,19H,5-10H2,1-4H3. The molecule has 1 atom stereocenters. The average molecular weight is 265 g/mol. The summed E-state index contributed by atoms with van der Waals surface area (Å²) in [6.07, 6.45) is 4.54. The van der Waals surface area contributed by atoms with E-state index in [4.69, 9.17) is 0 Å². The van der Waals surface area contributed by atoms with Gasteiger partial charge < -0.3 is 10.4 Å². The minimum absolute atomic E-state index is 0.133. The maximum Gasteiger partial charge on any atom is 0.0625 e. The Morgan fingerprint density at radius 3 is 2.53 bits per heavy atom. The number of aryl methyl sites for hydroxylation is 2. The normalized spacial score (nSPS) is 18.6. The minimum Gasteiger partial charge on any atom is -0.394 e. The molecule has 1 saturated carbocycles. The van der Waals surface area contributed by atoms with Gasteiger partial charge in [0.25, 0.3) is 0 Å². The molecule has 0 bridgehead atoms. The van der Waals surface area contributed by atoms with Gasteiger partial charge in [0.2, 0.25) is 0 Å².